The minimum atomic E-state index is -0.886. The molecule has 1 saturated heterocycles. The molecule has 7 nitrogen and oxygen atoms in total. The summed E-state index contributed by atoms with van der Waals surface area (Å²) in [4.78, 5) is 41.6. The fourth-order valence-electron chi connectivity index (χ4n) is 5.53. The molecule has 2 aromatic rings. The van der Waals surface area contributed by atoms with E-state index in [4.69, 9.17) is 4.74 Å². The van der Waals surface area contributed by atoms with Crippen molar-refractivity contribution in [3.63, 3.8) is 0 Å². The number of nitrogens with one attached hydrogen (secondary N) is 1. The third-order valence-electron chi connectivity index (χ3n) is 7.21. The Balaban J connectivity index is 1.49. The Bertz CT molecular complexity index is 1120. The van der Waals surface area contributed by atoms with Gasteiger partial charge in [0.25, 0.3) is 0 Å². The zero-order valence-electron chi connectivity index (χ0n) is 22.0. The molecule has 1 aliphatic carbocycles. The van der Waals surface area contributed by atoms with E-state index in [1.165, 1.54) is 11.1 Å². The maximum absolute atomic E-state index is 13.8. The van der Waals surface area contributed by atoms with Crippen molar-refractivity contribution in [2.45, 2.75) is 89.3 Å². The van der Waals surface area contributed by atoms with Gasteiger partial charge in [0.2, 0.25) is 5.91 Å². The highest BCUT2D eigenvalue weighted by Crippen LogP contribution is 2.35. The highest BCUT2D eigenvalue weighted by molar-refractivity contribution is 5.93. The number of likely N-dealkylation sites (tertiary alicyclic amines) is 1. The number of amides is 2. The van der Waals surface area contributed by atoms with Crippen LogP contribution >= 0.6 is 0 Å². The fourth-order valence-corrected chi connectivity index (χ4v) is 5.53. The van der Waals surface area contributed by atoms with Gasteiger partial charge in [-0.15, -0.1) is 0 Å². The number of hydrogen-bond donors (Lipinski definition) is 2. The Kier molecular flexibility index (Phi) is 8.20. The molecular weight excluding hydrogens is 468 g/mol. The number of phenolic OH excluding ortho intramolecular Hbond substituents is 1. The lowest BCUT2D eigenvalue weighted by molar-refractivity contribution is -0.139. The highest BCUT2D eigenvalue weighted by atomic mass is 16.6. The Labute approximate surface area is 219 Å². The van der Waals surface area contributed by atoms with Gasteiger partial charge in [0.05, 0.1) is 6.04 Å². The van der Waals surface area contributed by atoms with Crippen LogP contribution in [0.15, 0.2) is 48.5 Å². The van der Waals surface area contributed by atoms with Gasteiger partial charge in [-0.25, -0.2) is 4.79 Å². The second-order valence-corrected chi connectivity index (χ2v) is 11.2. The predicted molar refractivity (Wildman–Crippen MR) is 141 cm³/mol. The number of rotatable bonds is 7. The van der Waals surface area contributed by atoms with Crippen molar-refractivity contribution < 1.29 is 24.2 Å². The number of carbonyl (C=O) groups excluding carboxylic acids is 3. The maximum atomic E-state index is 13.8. The van der Waals surface area contributed by atoms with Crippen LogP contribution in [-0.4, -0.2) is 52.0 Å². The third kappa shape index (κ3) is 6.90. The number of Topliss-reactive ketones (excluding diaryl/α,β-unsaturated/α-hetero) is 1. The van der Waals surface area contributed by atoms with Crippen LogP contribution in [0.25, 0.3) is 0 Å². The summed E-state index contributed by atoms with van der Waals surface area (Å²) in [6.07, 6.45) is 4.46. The lowest BCUT2D eigenvalue weighted by atomic mass is 9.79. The van der Waals surface area contributed by atoms with Crippen LogP contribution in [0.3, 0.4) is 0 Å². The normalized spacial score (nSPS) is 20.1. The number of aryl methyl sites for hydroxylation is 1. The van der Waals surface area contributed by atoms with Gasteiger partial charge >= 0.3 is 6.09 Å². The first-order valence-electron chi connectivity index (χ1n) is 13.3. The molecule has 1 unspecified atom stereocenters. The molecular formula is C30H38N2O5. The second kappa shape index (κ2) is 11.4. The van der Waals surface area contributed by atoms with E-state index in [1.807, 2.05) is 12.1 Å². The van der Waals surface area contributed by atoms with Gasteiger partial charge in [-0.1, -0.05) is 36.4 Å². The average molecular weight is 507 g/mol. The molecule has 0 saturated carbocycles. The van der Waals surface area contributed by atoms with Crippen molar-refractivity contribution in [2.24, 2.45) is 0 Å². The largest absolute Gasteiger partial charge is 0.508 e. The minimum Gasteiger partial charge on any atom is -0.508 e. The van der Waals surface area contributed by atoms with Crippen molar-refractivity contribution in [2.75, 3.05) is 6.54 Å². The number of carbonyl (C=O) groups is 3. The van der Waals surface area contributed by atoms with Crippen molar-refractivity contribution in [1.29, 1.82) is 0 Å². The maximum Gasteiger partial charge on any atom is 0.408 e. The number of alkyl carbamates (subject to hydrolysis) is 1. The lowest BCUT2D eigenvalue weighted by Gasteiger charge is -2.31. The molecule has 198 valence electrons. The van der Waals surface area contributed by atoms with E-state index in [0.717, 1.165) is 31.2 Å². The number of ketones is 1. The van der Waals surface area contributed by atoms with E-state index in [1.54, 1.807) is 49.9 Å². The zero-order chi connectivity index (χ0) is 26.6. The quantitative estimate of drug-likeness (QED) is 0.557. The SMILES string of the molecule is CC(C)(C)OC(=O)N[C@@H](Cc1ccc(O)cc1)C(=O)N1CCCC1C(=O)C[C@@H]1CCCc2ccccc21. The number of nitrogens with zero attached hydrogens (tertiary/aromatic N) is 1. The molecule has 0 aromatic heterocycles. The molecule has 1 heterocycles. The van der Waals surface area contributed by atoms with E-state index in [0.29, 0.717) is 19.4 Å². The van der Waals surface area contributed by atoms with E-state index < -0.39 is 23.8 Å². The van der Waals surface area contributed by atoms with Crippen LogP contribution in [0.4, 0.5) is 4.79 Å². The summed E-state index contributed by atoms with van der Waals surface area (Å²) < 4.78 is 5.42. The summed E-state index contributed by atoms with van der Waals surface area (Å²) >= 11 is 0. The Morgan fingerprint density at radius 2 is 1.78 bits per heavy atom. The monoisotopic (exact) mass is 506 g/mol. The molecule has 7 heteroatoms. The summed E-state index contributed by atoms with van der Waals surface area (Å²) in [5.74, 6) is 0.121. The Hall–Kier alpha value is -3.35. The number of aromatic hydroxyl groups is 1. The van der Waals surface area contributed by atoms with Gasteiger partial charge in [-0.05, 0) is 87.6 Å². The first-order chi connectivity index (χ1) is 17.6. The van der Waals surface area contributed by atoms with E-state index >= 15 is 0 Å². The molecule has 2 aromatic carbocycles. The van der Waals surface area contributed by atoms with Gasteiger partial charge in [0, 0.05) is 19.4 Å². The summed E-state index contributed by atoms with van der Waals surface area (Å²) in [6, 6.07) is 13.5. The number of benzene rings is 2. The molecule has 1 fully saturated rings. The molecule has 1 aliphatic heterocycles. The van der Waals surface area contributed by atoms with Crippen LogP contribution in [0, 0.1) is 0 Å². The number of ether oxygens (including phenoxy) is 1. The van der Waals surface area contributed by atoms with Crippen molar-refractivity contribution in [1.82, 2.24) is 10.2 Å². The van der Waals surface area contributed by atoms with Crippen molar-refractivity contribution >= 4 is 17.8 Å². The molecule has 4 rings (SSSR count). The zero-order valence-corrected chi connectivity index (χ0v) is 22.0. The van der Waals surface area contributed by atoms with Gasteiger partial charge in [0.1, 0.15) is 17.4 Å². The lowest BCUT2D eigenvalue weighted by Crippen LogP contribution is -2.53. The first kappa shape index (κ1) is 26.7. The standard InChI is InChI=1S/C30H38N2O5/c1-30(2,3)37-29(36)31-25(18-20-13-15-23(33)16-14-20)28(35)32-17-7-12-26(32)27(34)19-22-10-6-9-21-8-4-5-11-24(21)22/h4-5,8,11,13-16,22,25-26,33H,6-7,9-10,12,17-19H2,1-3H3,(H,31,36)/t22-,25-,26?/m0/s1. The summed E-state index contributed by atoms with van der Waals surface area (Å²) in [6.45, 7) is 5.78. The van der Waals surface area contributed by atoms with E-state index in [-0.39, 0.29) is 29.8 Å². The molecule has 2 amide bonds. The number of fused-ring (bicyclic) bond motifs is 1. The molecule has 0 spiro atoms. The summed E-state index contributed by atoms with van der Waals surface area (Å²) in [7, 11) is 0. The number of phenols is 1. The molecule has 2 N–H and O–H groups in total. The molecule has 0 bridgehead atoms. The molecule has 2 aliphatic rings. The van der Waals surface area contributed by atoms with Gasteiger partial charge in [0.15, 0.2) is 5.78 Å². The van der Waals surface area contributed by atoms with Gasteiger partial charge in [-0.2, -0.15) is 0 Å². The average Bonchev–Trinajstić information content (AvgIpc) is 3.34. The molecule has 0 radical (unpaired) electrons. The van der Waals surface area contributed by atoms with Crippen LogP contribution in [-0.2, 0) is 27.2 Å². The van der Waals surface area contributed by atoms with Crippen molar-refractivity contribution in [3.05, 3.63) is 65.2 Å². The smallest absolute Gasteiger partial charge is 0.408 e. The predicted octanol–water partition coefficient (Wildman–Crippen LogP) is 4.90. The summed E-state index contributed by atoms with van der Waals surface area (Å²) in [5, 5.41) is 12.4. The summed E-state index contributed by atoms with van der Waals surface area (Å²) in [5.41, 5.74) is 2.66. The van der Waals surface area contributed by atoms with Crippen LogP contribution in [0.5, 0.6) is 5.75 Å². The van der Waals surface area contributed by atoms with E-state index in [2.05, 4.69) is 17.4 Å². The number of hydrogen-bond acceptors (Lipinski definition) is 5. The molecule has 3 atom stereocenters. The Morgan fingerprint density at radius 3 is 2.51 bits per heavy atom. The van der Waals surface area contributed by atoms with Crippen LogP contribution in [0.1, 0.15) is 75.5 Å². The van der Waals surface area contributed by atoms with E-state index in [9.17, 15) is 19.5 Å². The first-order valence-corrected chi connectivity index (χ1v) is 13.3. The topological polar surface area (TPSA) is 95.9 Å². The van der Waals surface area contributed by atoms with Crippen LogP contribution < -0.4 is 5.32 Å². The Morgan fingerprint density at radius 1 is 1.05 bits per heavy atom. The van der Waals surface area contributed by atoms with Crippen LogP contribution in [0.2, 0.25) is 0 Å². The minimum absolute atomic E-state index is 0.0909. The van der Waals surface area contributed by atoms with Crippen molar-refractivity contribution in [3.8, 4) is 5.75 Å². The van der Waals surface area contributed by atoms with Gasteiger partial charge < -0.3 is 20.1 Å². The molecule has 37 heavy (non-hydrogen) atoms. The van der Waals surface area contributed by atoms with Gasteiger partial charge in [-0.3, -0.25) is 9.59 Å². The second-order valence-electron chi connectivity index (χ2n) is 11.2. The third-order valence-corrected chi connectivity index (χ3v) is 7.21. The fraction of sp³-hybridized carbons (Fsp3) is 0.500. The highest BCUT2D eigenvalue weighted by Gasteiger charge is 2.39.